The molecule has 8 unspecified atom stereocenters. The van der Waals surface area contributed by atoms with Crippen LogP contribution in [0.5, 0.6) is 0 Å². The summed E-state index contributed by atoms with van der Waals surface area (Å²) in [6.45, 7) is 56.5. The number of unbranched alkanes of at least 4 members (excludes halogenated alkanes) is 3. The van der Waals surface area contributed by atoms with E-state index in [-0.39, 0.29) is 43.7 Å². The van der Waals surface area contributed by atoms with Crippen LogP contribution in [0.3, 0.4) is 0 Å². The second-order valence-corrected chi connectivity index (χ2v) is 32.4. The maximum Gasteiger partial charge on any atom is 0.0614 e. The van der Waals surface area contributed by atoms with Gasteiger partial charge >= 0.3 is 0 Å². The summed E-state index contributed by atoms with van der Waals surface area (Å²) in [7, 11) is 0. The molecule has 1 N–H and O–H groups in total. The molecule has 0 spiro atoms. The first-order valence-electron chi connectivity index (χ1n) is 37.5. The van der Waals surface area contributed by atoms with Crippen molar-refractivity contribution in [3.63, 3.8) is 0 Å². The van der Waals surface area contributed by atoms with Crippen LogP contribution in [0, 0.1) is 95.2 Å². The van der Waals surface area contributed by atoms with E-state index in [2.05, 4.69) is 284 Å². The van der Waals surface area contributed by atoms with E-state index in [0.29, 0.717) is 0 Å². The zero-order valence-corrected chi connectivity index (χ0v) is 77.0. The average molecular weight is 2010 g/mol. The molecule has 0 aliphatic carbocycles. The lowest BCUT2D eigenvalue weighted by atomic mass is 9.91. The molecule has 0 radical (unpaired) electrons. The van der Waals surface area contributed by atoms with Crippen LogP contribution < -0.4 is 0 Å². The van der Waals surface area contributed by atoms with Gasteiger partial charge in [-0.2, -0.15) is 0 Å². The topological polar surface area (TPSA) is 20.2 Å². The van der Waals surface area contributed by atoms with Gasteiger partial charge in [0, 0.05) is 89.7 Å². The van der Waals surface area contributed by atoms with Gasteiger partial charge in [0.15, 0.2) is 0 Å². The standard InChI is InChI=1S/C20H40O.C18H34.C14H29I.C13H26.C9H19I.C8H16.5CH4.2I2/c1-17(2)9-6-10-18(3)11-7-12-19(4)13-8-14-20(5)15-16-21;1-6-7-8-12-17(4)14-10-15-18(5)13-9-11-16(2)3;1-12(2)7-5-8-13(3)9-6-10-14(4)11-15;1-5-6-7-10-13(4)11-8-9-12(2)3;1-8(2)5-4-6-9(3)7-10;1-4-5-6-7-8(2)3;;;;;;2*1-2/h15,17-19,21H,6-14,16H2,1-5H3;1,16-18H,7-15H2,2-5H3;12-14H,5-11H2,1-4H3;5,12-13H,1,6-11H2,2-4H3;8-9H,4-7H2,1-3H3;4,8H,1,5-7H2,2-3H3;5*1H4;;/b20-15+;;;;;;;;;;;;. The van der Waals surface area contributed by atoms with Crippen molar-refractivity contribution >= 4 is 120 Å². The fourth-order valence-electron chi connectivity index (χ4n) is 10.7. The zero-order chi connectivity index (χ0) is 70.1. The van der Waals surface area contributed by atoms with E-state index >= 15 is 0 Å². The quantitative estimate of drug-likeness (QED) is 0.0212. The molecule has 0 aromatic heterocycles. The van der Waals surface area contributed by atoms with Gasteiger partial charge in [-0.3, -0.25) is 0 Å². The third-order valence-electron chi connectivity index (χ3n) is 17.1. The highest BCUT2D eigenvalue weighted by Gasteiger charge is 2.10. The third kappa shape index (κ3) is 135. The van der Waals surface area contributed by atoms with Gasteiger partial charge < -0.3 is 5.11 Å². The molecule has 0 aromatic rings. The van der Waals surface area contributed by atoms with Crippen LogP contribution in [0.4, 0.5) is 0 Å². The summed E-state index contributed by atoms with van der Waals surface area (Å²) in [6.07, 6.45) is 60.1. The van der Waals surface area contributed by atoms with Gasteiger partial charge in [-0.05, 0) is 154 Å². The molecule has 0 saturated heterocycles. The molecule has 0 aliphatic heterocycles. The van der Waals surface area contributed by atoms with Crippen molar-refractivity contribution in [1.82, 2.24) is 0 Å². The predicted molar refractivity (Wildman–Crippen MR) is 506 cm³/mol. The number of aliphatic hydroxyl groups excluding tert-OH is 1. The highest BCUT2D eigenvalue weighted by atomic mass is 128. The van der Waals surface area contributed by atoms with E-state index in [9.17, 15) is 0 Å². The molecule has 580 valence electrons. The van der Waals surface area contributed by atoms with E-state index in [1.54, 1.807) is 0 Å². The van der Waals surface area contributed by atoms with Crippen LogP contribution >= 0.6 is 120 Å². The molecule has 0 fully saturated rings. The van der Waals surface area contributed by atoms with Crippen molar-refractivity contribution in [2.45, 2.75) is 414 Å². The Kier molecular flexibility index (Phi) is 141. The highest BCUT2D eigenvalue weighted by molar-refractivity contribution is 15.0. The summed E-state index contributed by atoms with van der Waals surface area (Å²) in [4.78, 5) is 0. The van der Waals surface area contributed by atoms with Gasteiger partial charge in [0.2, 0.25) is 0 Å². The Morgan fingerprint density at radius 1 is 0.330 bits per heavy atom. The normalized spacial score (nSPS) is 13.0. The van der Waals surface area contributed by atoms with Crippen LogP contribution in [0.1, 0.15) is 414 Å². The first kappa shape index (κ1) is 127. The molecule has 1 nitrogen and oxygen atoms in total. The number of alkyl halides is 2. The fourth-order valence-corrected chi connectivity index (χ4v) is 11.5. The Balaban J connectivity index is -0.0000000761. The van der Waals surface area contributed by atoms with Gasteiger partial charge in [-0.1, -0.05) is 405 Å². The lowest BCUT2D eigenvalue weighted by Crippen LogP contribution is -2.00. The lowest BCUT2D eigenvalue weighted by Gasteiger charge is -2.15. The lowest BCUT2D eigenvalue weighted by molar-refractivity contribution is 0.341. The number of halogens is 6. The first-order valence-corrected chi connectivity index (χ1v) is 53.1. The Hall–Kier alpha value is 3.12. The number of terminal acetylenes is 1. The van der Waals surface area contributed by atoms with Gasteiger partial charge in [-0.15, -0.1) is 25.5 Å². The van der Waals surface area contributed by atoms with Crippen molar-refractivity contribution in [2.75, 3.05) is 15.5 Å². The average Bonchev–Trinajstić information content (AvgIpc) is 3.22. The Morgan fingerprint density at radius 3 is 0.734 bits per heavy atom. The van der Waals surface area contributed by atoms with Crippen molar-refractivity contribution in [3.05, 3.63) is 37.0 Å². The van der Waals surface area contributed by atoms with Crippen LogP contribution in [-0.2, 0) is 0 Å². The van der Waals surface area contributed by atoms with Gasteiger partial charge in [0.1, 0.15) is 0 Å². The number of aliphatic hydroxyl groups is 1. The Bertz CT molecular complexity index is 1350. The van der Waals surface area contributed by atoms with Crippen molar-refractivity contribution in [1.29, 1.82) is 0 Å². The second-order valence-electron chi connectivity index (χ2n) is 30.6. The minimum absolute atomic E-state index is 0. The number of allylic oxidation sites excluding steroid dienone is 3. The monoisotopic (exact) mass is 2010 g/mol. The molecule has 0 heterocycles. The molecule has 0 aliphatic rings. The highest BCUT2D eigenvalue weighted by Crippen LogP contribution is 2.25. The second kappa shape index (κ2) is 105. The molecule has 8 atom stereocenters. The molecule has 0 saturated carbocycles. The van der Waals surface area contributed by atoms with E-state index in [0.717, 1.165) is 95.7 Å². The number of hydrogen-bond donors (Lipinski definition) is 1. The van der Waals surface area contributed by atoms with Crippen LogP contribution in [-0.4, -0.2) is 20.6 Å². The summed E-state index contributed by atoms with van der Waals surface area (Å²) in [6, 6.07) is 0. The summed E-state index contributed by atoms with van der Waals surface area (Å²) in [5.74, 6) is 15.2. The molecule has 7 heteroatoms. The Labute approximate surface area is 678 Å². The third-order valence-corrected chi connectivity index (χ3v) is 20.1. The maximum atomic E-state index is 8.83. The van der Waals surface area contributed by atoms with E-state index in [4.69, 9.17) is 11.5 Å². The Morgan fingerprint density at radius 2 is 0.521 bits per heavy atom. The minimum Gasteiger partial charge on any atom is -0.392 e. The fraction of sp³-hybridized carbons (Fsp3) is 0.908. The van der Waals surface area contributed by atoms with Crippen LogP contribution in [0.25, 0.3) is 0 Å². The summed E-state index contributed by atoms with van der Waals surface area (Å²) < 4.78 is 2.63. The molecular weight excluding hydrogens is 1820 g/mol. The minimum atomic E-state index is 0. The van der Waals surface area contributed by atoms with E-state index in [1.807, 2.05) is 18.2 Å². The van der Waals surface area contributed by atoms with Crippen molar-refractivity contribution in [2.24, 2.45) is 82.9 Å². The maximum absolute atomic E-state index is 8.83. The van der Waals surface area contributed by atoms with Crippen LogP contribution in [0.2, 0.25) is 0 Å². The molecule has 0 amide bonds. The predicted octanol–water partition coefficient (Wildman–Crippen LogP) is 36.5. The van der Waals surface area contributed by atoms with Gasteiger partial charge in [0.25, 0.3) is 0 Å². The SMILES string of the molecule is C.C.C.C.C.C#CCCCC(C)CCCC(C)CCCC(C)C.C/C(=C\CO)CCCC(C)CCCC(C)CCCC(C)C.C=CCCCC(C)C.C=CCCCC(C)CCCC(C)C.CC(C)CCCC(C)CCCC(C)CI.CC(C)CCCC(C)CI.II.II. The first-order chi connectivity index (χ1) is 42.2. The summed E-state index contributed by atoms with van der Waals surface area (Å²) in [5.41, 5.74) is 1.34. The van der Waals surface area contributed by atoms with Gasteiger partial charge in [0.05, 0.1) is 6.61 Å². The molecule has 94 heavy (non-hydrogen) atoms. The van der Waals surface area contributed by atoms with E-state index in [1.165, 1.54) is 233 Å². The van der Waals surface area contributed by atoms with E-state index < -0.39 is 0 Å². The molecule has 0 aromatic carbocycles. The molecule has 0 rings (SSSR count). The summed E-state index contributed by atoms with van der Waals surface area (Å²) >= 11 is 13.5. The largest absolute Gasteiger partial charge is 0.392 e. The van der Waals surface area contributed by atoms with Crippen molar-refractivity contribution < 1.29 is 5.11 Å². The van der Waals surface area contributed by atoms with Crippen molar-refractivity contribution in [3.8, 4) is 12.3 Å². The summed E-state index contributed by atoms with van der Waals surface area (Å²) in [5, 5.41) is 8.83. The van der Waals surface area contributed by atoms with Gasteiger partial charge in [-0.25, -0.2) is 0 Å². The molecular formula is C87H184I6O. The number of hydrogen-bond acceptors (Lipinski definition) is 1. The zero-order valence-electron chi connectivity index (χ0n) is 64.1. The number of rotatable bonds is 50. The van der Waals surface area contributed by atoms with Crippen LogP contribution in [0.15, 0.2) is 37.0 Å². The molecule has 0 bridgehead atoms. The smallest absolute Gasteiger partial charge is 0.0614 e.